The largest absolute Gasteiger partial charge is 0.480 e. The number of hydrogen-bond donors (Lipinski definition) is 2. The molecule has 0 aliphatic carbocycles. The normalized spacial score (nSPS) is 15.7. The molecule has 0 saturated carbocycles. The van der Waals surface area contributed by atoms with Crippen LogP contribution in [0.1, 0.15) is 38.5 Å². The lowest BCUT2D eigenvalue weighted by Crippen LogP contribution is -2.23. The zero-order valence-electron chi connectivity index (χ0n) is 13.8. The molecule has 1 aliphatic rings. The number of nitrogens with one attached hydrogen (secondary N) is 1. The highest BCUT2D eigenvalue weighted by Crippen LogP contribution is 2.27. The third kappa shape index (κ3) is 3.23. The first-order valence-corrected chi connectivity index (χ1v) is 9.04. The first-order valence-electron chi connectivity index (χ1n) is 8.16. The summed E-state index contributed by atoms with van der Waals surface area (Å²) in [6, 6.07) is 11.1. The van der Waals surface area contributed by atoms with Gasteiger partial charge >= 0.3 is 5.97 Å². The molecule has 3 heterocycles. The molecular formula is C18H16N4O3S. The summed E-state index contributed by atoms with van der Waals surface area (Å²) >= 11 is 1.61. The number of benzene rings is 1. The summed E-state index contributed by atoms with van der Waals surface area (Å²) < 4.78 is 1.42. The number of carboxylic acid groups (broad SMARTS) is 1. The van der Waals surface area contributed by atoms with Crippen LogP contribution in [0.4, 0.5) is 0 Å². The lowest BCUT2D eigenvalue weighted by molar-refractivity contribution is -0.137. The topological polar surface area (TPSA) is 97.1 Å². The van der Waals surface area contributed by atoms with Gasteiger partial charge in [0.15, 0.2) is 5.82 Å². The lowest BCUT2D eigenvalue weighted by Gasteiger charge is -2.11. The van der Waals surface area contributed by atoms with E-state index in [1.807, 2.05) is 35.7 Å². The Morgan fingerprint density at radius 2 is 2.12 bits per heavy atom. The van der Waals surface area contributed by atoms with Gasteiger partial charge in [-0.1, -0.05) is 24.3 Å². The van der Waals surface area contributed by atoms with E-state index in [0.717, 1.165) is 10.4 Å². The summed E-state index contributed by atoms with van der Waals surface area (Å²) in [6.45, 7) is -0.255. The predicted octanol–water partition coefficient (Wildman–Crippen LogP) is 2.04. The van der Waals surface area contributed by atoms with Crippen LogP contribution in [-0.4, -0.2) is 31.7 Å². The summed E-state index contributed by atoms with van der Waals surface area (Å²) in [7, 11) is 0. The second kappa shape index (κ2) is 6.72. The van der Waals surface area contributed by atoms with Gasteiger partial charge in [-0.3, -0.25) is 9.59 Å². The minimum absolute atomic E-state index is 0.117. The minimum atomic E-state index is -0.977. The van der Waals surface area contributed by atoms with Gasteiger partial charge in [-0.05, 0) is 23.1 Å². The van der Waals surface area contributed by atoms with E-state index in [0.29, 0.717) is 30.1 Å². The molecule has 8 heteroatoms. The number of rotatable bonds is 6. The average molecular weight is 368 g/mol. The van der Waals surface area contributed by atoms with Gasteiger partial charge < -0.3 is 10.4 Å². The van der Waals surface area contributed by atoms with Crippen LogP contribution >= 0.6 is 11.3 Å². The van der Waals surface area contributed by atoms with Gasteiger partial charge in [0.2, 0.25) is 0 Å². The number of amides is 1. The van der Waals surface area contributed by atoms with Crippen LogP contribution in [-0.2, 0) is 24.2 Å². The number of carboxylic acids is 1. The molecule has 2 N–H and O–H groups in total. The third-order valence-electron chi connectivity index (χ3n) is 4.26. The van der Waals surface area contributed by atoms with Crippen molar-refractivity contribution in [3.8, 4) is 0 Å². The number of carbonyl (C=O) groups is 2. The number of aliphatic carboxylic acids is 1. The molecule has 1 aliphatic heterocycles. The first-order chi connectivity index (χ1) is 12.6. The minimum Gasteiger partial charge on any atom is -0.480 e. The van der Waals surface area contributed by atoms with E-state index in [1.54, 1.807) is 17.4 Å². The molecule has 1 atom stereocenters. The van der Waals surface area contributed by atoms with Crippen LogP contribution in [0.3, 0.4) is 0 Å². The molecule has 0 spiro atoms. The van der Waals surface area contributed by atoms with Gasteiger partial charge in [0.05, 0.1) is 6.04 Å². The molecule has 4 rings (SSSR count). The SMILES string of the molecule is O=C(O)Cn1nc(Cc2cccs2)nc1CC1NC(=O)c2ccccc21. The summed E-state index contributed by atoms with van der Waals surface area (Å²) in [5.74, 6) is 0.0469. The van der Waals surface area contributed by atoms with Gasteiger partial charge in [0.1, 0.15) is 12.4 Å². The molecular weight excluding hydrogens is 352 g/mol. The number of carbonyl (C=O) groups excluding carboxylic acids is 1. The van der Waals surface area contributed by atoms with Crippen LogP contribution in [0.5, 0.6) is 0 Å². The lowest BCUT2D eigenvalue weighted by atomic mass is 10.0. The van der Waals surface area contributed by atoms with E-state index < -0.39 is 5.97 Å². The zero-order chi connectivity index (χ0) is 18.1. The fraction of sp³-hybridized carbons (Fsp3) is 0.222. The number of fused-ring (bicyclic) bond motifs is 1. The first kappa shape index (κ1) is 16.5. The van der Waals surface area contributed by atoms with Crippen molar-refractivity contribution in [3.05, 3.63) is 69.4 Å². The van der Waals surface area contributed by atoms with E-state index in [1.165, 1.54) is 4.68 Å². The highest BCUT2D eigenvalue weighted by Gasteiger charge is 2.29. The van der Waals surface area contributed by atoms with Gasteiger partial charge in [-0.15, -0.1) is 11.3 Å². The zero-order valence-corrected chi connectivity index (χ0v) is 14.6. The van der Waals surface area contributed by atoms with Crippen molar-refractivity contribution in [3.63, 3.8) is 0 Å². The molecule has 1 amide bonds. The van der Waals surface area contributed by atoms with Crippen molar-refractivity contribution in [2.24, 2.45) is 0 Å². The Labute approximate surface area is 153 Å². The van der Waals surface area contributed by atoms with Crippen molar-refractivity contribution in [2.75, 3.05) is 0 Å². The van der Waals surface area contributed by atoms with E-state index >= 15 is 0 Å². The number of aromatic nitrogens is 3. The predicted molar refractivity (Wildman–Crippen MR) is 95.1 cm³/mol. The van der Waals surface area contributed by atoms with Crippen molar-refractivity contribution in [1.82, 2.24) is 20.1 Å². The maximum Gasteiger partial charge on any atom is 0.325 e. The van der Waals surface area contributed by atoms with E-state index in [9.17, 15) is 9.59 Å². The standard InChI is InChI=1S/C18H16N4O3S/c23-17(24)10-22-16(20-15(21-22)8-11-4-3-7-26-11)9-14-12-5-1-2-6-13(12)18(25)19-14/h1-7,14H,8-10H2,(H,19,25)(H,23,24). The highest BCUT2D eigenvalue weighted by molar-refractivity contribution is 7.09. The summed E-state index contributed by atoms with van der Waals surface area (Å²) in [6.07, 6.45) is 0.957. The maximum atomic E-state index is 12.1. The van der Waals surface area contributed by atoms with Gasteiger partial charge in [0, 0.05) is 23.3 Å². The summed E-state index contributed by atoms with van der Waals surface area (Å²) in [5, 5.41) is 18.4. The van der Waals surface area contributed by atoms with Crippen molar-refractivity contribution >= 4 is 23.2 Å². The summed E-state index contributed by atoms with van der Waals surface area (Å²) in [5.41, 5.74) is 1.56. The molecule has 1 unspecified atom stereocenters. The van der Waals surface area contributed by atoms with Gasteiger partial charge in [-0.2, -0.15) is 5.10 Å². The quantitative estimate of drug-likeness (QED) is 0.694. The van der Waals surface area contributed by atoms with Crippen LogP contribution in [0.25, 0.3) is 0 Å². The van der Waals surface area contributed by atoms with Crippen LogP contribution in [0.15, 0.2) is 41.8 Å². The molecule has 7 nitrogen and oxygen atoms in total. The Morgan fingerprint density at radius 3 is 2.88 bits per heavy atom. The molecule has 0 saturated heterocycles. The molecule has 3 aromatic rings. The molecule has 0 radical (unpaired) electrons. The molecule has 132 valence electrons. The summed E-state index contributed by atoms with van der Waals surface area (Å²) in [4.78, 5) is 28.9. The average Bonchev–Trinajstić information content (AvgIpc) is 3.31. The molecule has 1 aromatic carbocycles. The Hall–Kier alpha value is -3.00. The second-order valence-corrected chi connectivity index (χ2v) is 7.10. The Balaban J connectivity index is 1.62. The monoisotopic (exact) mass is 368 g/mol. The van der Waals surface area contributed by atoms with E-state index in [-0.39, 0.29) is 18.5 Å². The number of nitrogens with zero attached hydrogens (tertiary/aromatic N) is 3. The van der Waals surface area contributed by atoms with Crippen LogP contribution in [0.2, 0.25) is 0 Å². The van der Waals surface area contributed by atoms with Gasteiger partial charge in [-0.25, -0.2) is 9.67 Å². The second-order valence-electron chi connectivity index (χ2n) is 6.07. The molecule has 2 aromatic heterocycles. The highest BCUT2D eigenvalue weighted by atomic mass is 32.1. The Bertz CT molecular complexity index is 965. The Kier molecular flexibility index (Phi) is 4.26. The molecule has 0 bridgehead atoms. The van der Waals surface area contributed by atoms with E-state index in [2.05, 4.69) is 15.4 Å². The molecule has 26 heavy (non-hydrogen) atoms. The number of hydrogen-bond acceptors (Lipinski definition) is 5. The smallest absolute Gasteiger partial charge is 0.325 e. The van der Waals surface area contributed by atoms with Crippen LogP contribution < -0.4 is 5.32 Å². The Morgan fingerprint density at radius 1 is 1.27 bits per heavy atom. The van der Waals surface area contributed by atoms with Crippen molar-refractivity contribution in [1.29, 1.82) is 0 Å². The fourth-order valence-corrected chi connectivity index (χ4v) is 3.84. The number of thiophene rings is 1. The maximum absolute atomic E-state index is 12.1. The van der Waals surface area contributed by atoms with Gasteiger partial charge in [0.25, 0.3) is 5.91 Å². The third-order valence-corrected chi connectivity index (χ3v) is 5.14. The van der Waals surface area contributed by atoms with Crippen molar-refractivity contribution in [2.45, 2.75) is 25.4 Å². The van der Waals surface area contributed by atoms with Crippen LogP contribution in [0, 0.1) is 0 Å². The van der Waals surface area contributed by atoms with E-state index in [4.69, 9.17) is 5.11 Å². The fourth-order valence-electron chi connectivity index (χ4n) is 3.14. The molecule has 0 fully saturated rings. The van der Waals surface area contributed by atoms with Crippen molar-refractivity contribution < 1.29 is 14.7 Å².